The standard InChI is InChI=1S/C20H42N2O/c1-19(2,22(6)15-9-10-16-22)12-18-23-20(3,4)11-17-21(5)13-7-8-14-21/h7-18H2,1-6H3/q+2. The third kappa shape index (κ3) is 4.93. The summed E-state index contributed by atoms with van der Waals surface area (Å²) < 4.78 is 8.84. The van der Waals surface area contributed by atoms with Crippen LogP contribution in [0.5, 0.6) is 0 Å². The fourth-order valence-corrected chi connectivity index (χ4v) is 4.42. The minimum absolute atomic E-state index is 0.0174. The van der Waals surface area contributed by atoms with E-state index in [2.05, 4.69) is 41.8 Å². The monoisotopic (exact) mass is 326 g/mol. The van der Waals surface area contributed by atoms with Gasteiger partial charge in [0.2, 0.25) is 0 Å². The van der Waals surface area contributed by atoms with E-state index in [9.17, 15) is 0 Å². The van der Waals surface area contributed by atoms with Gasteiger partial charge in [0.25, 0.3) is 0 Å². The molecular weight excluding hydrogens is 284 g/mol. The summed E-state index contributed by atoms with van der Waals surface area (Å²) in [6.07, 6.45) is 7.94. The average Bonchev–Trinajstić information content (AvgIpc) is 3.07. The lowest BCUT2D eigenvalue weighted by molar-refractivity contribution is -0.945. The highest BCUT2D eigenvalue weighted by Crippen LogP contribution is 2.32. The van der Waals surface area contributed by atoms with Crippen molar-refractivity contribution in [3.05, 3.63) is 0 Å². The highest BCUT2D eigenvalue weighted by molar-refractivity contribution is 4.75. The molecule has 136 valence electrons. The normalized spacial score (nSPS) is 24.3. The summed E-state index contributed by atoms with van der Waals surface area (Å²) in [6, 6.07) is 0. The van der Waals surface area contributed by atoms with Crippen molar-refractivity contribution in [3.63, 3.8) is 0 Å². The van der Waals surface area contributed by atoms with Crippen LogP contribution in [0.25, 0.3) is 0 Å². The molecule has 2 rings (SSSR count). The first-order chi connectivity index (χ1) is 10.6. The van der Waals surface area contributed by atoms with E-state index in [0.29, 0.717) is 5.54 Å². The van der Waals surface area contributed by atoms with Crippen LogP contribution in [-0.2, 0) is 4.74 Å². The second-order valence-electron chi connectivity index (χ2n) is 9.97. The van der Waals surface area contributed by atoms with Gasteiger partial charge in [-0.1, -0.05) is 0 Å². The van der Waals surface area contributed by atoms with Gasteiger partial charge < -0.3 is 13.7 Å². The quantitative estimate of drug-likeness (QED) is 0.616. The fourth-order valence-electron chi connectivity index (χ4n) is 4.42. The van der Waals surface area contributed by atoms with E-state index in [1.54, 1.807) is 0 Å². The number of likely N-dealkylation sites (tertiary alicyclic amines) is 2. The molecule has 0 saturated carbocycles. The maximum atomic E-state index is 6.35. The molecule has 0 amide bonds. The Hall–Kier alpha value is -0.120. The molecule has 0 bridgehead atoms. The molecule has 2 aliphatic heterocycles. The zero-order valence-electron chi connectivity index (χ0n) is 16.8. The van der Waals surface area contributed by atoms with Gasteiger partial charge in [0.1, 0.15) is 0 Å². The molecule has 0 N–H and O–H groups in total. The van der Waals surface area contributed by atoms with E-state index in [4.69, 9.17) is 4.74 Å². The van der Waals surface area contributed by atoms with Crippen LogP contribution in [0, 0.1) is 0 Å². The van der Waals surface area contributed by atoms with Gasteiger partial charge in [0.05, 0.1) is 64.6 Å². The summed E-state index contributed by atoms with van der Waals surface area (Å²) in [4.78, 5) is 0. The van der Waals surface area contributed by atoms with Crippen molar-refractivity contribution in [2.24, 2.45) is 0 Å². The Morgan fingerprint density at radius 3 is 1.87 bits per heavy atom. The molecule has 3 heteroatoms. The largest absolute Gasteiger partial charge is 0.375 e. The molecule has 0 spiro atoms. The maximum Gasteiger partial charge on any atom is 0.0955 e. The molecular formula is C20H42N2O+2. The number of quaternary nitrogens is 2. The van der Waals surface area contributed by atoms with Gasteiger partial charge in [0.15, 0.2) is 0 Å². The van der Waals surface area contributed by atoms with Crippen LogP contribution >= 0.6 is 0 Å². The first-order valence-electron chi connectivity index (χ1n) is 9.90. The predicted molar refractivity (Wildman–Crippen MR) is 98.5 cm³/mol. The number of hydrogen-bond acceptors (Lipinski definition) is 1. The summed E-state index contributed by atoms with van der Waals surface area (Å²) in [5.41, 5.74) is 0.351. The van der Waals surface area contributed by atoms with E-state index in [-0.39, 0.29) is 5.60 Å². The Kier molecular flexibility index (Phi) is 5.86. The van der Waals surface area contributed by atoms with E-state index < -0.39 is 0 Å². The van der Waals surface area contributed by atoms with Gasteiger partial charge in [0, 0.05) is 38.5 Å². The Balaban J connectivity index is 1.75. The molecule has 2 fully saturated rings. The Labute approximate surface area is 145 Å². The summed E-state index contributed by atoms with van der Waals surface area (Å²) in [6.45, 7) is 17.0. The van der Waals surface area contributed by atoms with Crippen LogP contribution in [0.2, 0.25) is 0 Å². The van der Waals surface area contributed by atoms with Crippen LogP contribution in [0.3, 0.4) is 0 Å². The van der Waals surface area contributed by atoms with Gasteiger partial charge >= 0.3 is 0 Å². The van der Waals surface area contributed by atoms with E-state index in [1.807, 2.05) is 0 Å². The fraction of sp³-hybridized carbons (Fsp3) is 1.00. The molecule has 2 heterocycles. The second-order valence-corrected chi connectivity index (χ2v) is 9.97. The molecule has 2 saturated heterocycles. The van der Waals surface area contributed by atoms with E-state index in [1.165, 1.54) is 80.2 Å². The van der Waals surface area contributed by atoms with Crippen molar-refractivity contribution in [2.45, 2.75) is 77.4 Å². The average molecular weight is 327 g/mol. The summed E-state index contributed by atoms with van der Waals surface area (Å²) in [7, 11) is 4.86. The molecule has 0 atom stereocenters. The van der Waals surface area contributed by atoms with Gasteiger partial charge in [-0.3, -0.25) is 0 Å². The maximum absolute atomic E-state index is 6.35. The smallest absolute Gasteiger partial charge is 0.0955 e. The molecule has 23 heavy (non-hydrogen) atoms. The van der Waals surface area contributed by atoms with Crippen molar-refractivity contribution >= 4 is 0 Å². The third-order valence-corrected chi connectivity index (χ3v) is 7.12. The first-order valence-corrected chi connectivity index (χ1v) is 9.90. The van der Waals surface area contributed by atoms with Crippen molar-refractivity contribution < 1.29 is 13.7 Å². The zero-order valence-corrected chi connectivity index (χ0v) is 16.8. The molecule has 2 aliphatic rings. The van der Waals surface area contributed by atoms with Gasteiger partial charge in [-0.05, 0) is 27.7 Å². The van der Waals surface area contributed by atoms with Crippen molar-refractivity contribution in [1.82, 2.24) is 0 Å². The predicted octanol–water partition coefficient (Wildman–Crippen LogP) is 3.82. The summed E-state index contributed by atoms with van der Waals surface area (Å²) in [5, 5.41) is 0. The minimum Gasteiger partial charge on any atom is -0.375 e. The van der Waals surface area contributed by atoms with Crippen molar-refractivity contribution in [1.29, 1.82) is 0 Å². The van der Waals surface area contributed by atoms with Crippen LogP contribution in [-0.4, -0.2) is 73.5 Å². The number of hydrogen-bond donors (Lipinski definition) is 0. The third-order valence-electron chi connectivity index (χ3n) is 7.12. The number of rotatable bonds is 8. The highest BCUT2D eigenvalue weighted by atomic mass is 16.5. The van der Waals surface area contributed by atoms with Crippen LogP contribution in [0.4, 0.5) is 0 Å². The highest BCUT2D eigenvalue weighted by Gasteiger charge is 2.42. The van der Waals surface area contributed by atoms with Crippen LogP contribution in [0.15, 0.2) is 0 Å². The van der Waals surface area contributed by atoms with Crippen LogP contribution in [0.1, 0.15) is 66.2 Å². The molecule has 0 aromatic carbocycles. The van der Waals surface area contributed by atoms with Crippen LogP contribution < -0.4 is 0 Å². The second kappa shape index (κ2) is 7.01. The van der Waals surface area contributed by atoms with Gasteiger partial charge in [-0.2, -0.15) is 0 Å². The topological polar surface area (TPSA) is 9.23 Å². The summed E-state index contributed by atoms with van der Waals surface area (Å²) in [5.74, 6) is 0. The van der Waals surface area contributed by atoms with E-state index >= 15 is 0 Å². The molecule has 0 radical (unpaired) electrons. The van der Waals surface area contributed by atoms with Gasteiger partial charge in [-0.15, -0.1) is 0 Å². The lowest BCUT2D eigenvalue weighted by Crippen LogP contribution is -2.57. The lowest BCUT2D eigenvalue weighted by Gasteiger charge is -2.45. The summed E-state index contributed by atoms with van der Waals surface area (Å²) >= 11 is 0. The van der Waals surface area contributed by atoms with Crippen molar-refractivity contribution in [3.8, 4) is 0 Å². The van der Waals surface area contributed by atoms with E-state index in [0.717, 1.165) is 6.61 Å². The molecule has 0 aromatic rings. The zero-order chi connectivity index (χ0) is 17.2. The number of nitrogens with zero attached hydrogens (tertiary/aromatic N) is 2. The minimum atomic E-state index is 0.0174. The van der Waals surface area contributed by atoms with Crippen molar-refractivity contribution in [2.75, 3.05) is 53.4 Å². The molecule has 0 unspecified atom stereocenters. The van der Waals surface area contributed by atoms with Gasteiger partial charge in [-0.25, -0.2) is 0 Å². The Morgan fingerprint density at radius 2 is 1.30 bits per heavy atom. The Morgan fingerprint density at radius 1 is 0.783 bits per heavy atom. The first kappa shape index (κ1) is 19.2. The SMILES string of the molecule is CC(C)(CC[N+]1(C)CCCC1)OCCC(C)(C)[N+]1(C)CCCC1. The Bertz CT molecular complexity index is 377. The lowest BCUT2D eigenvalue weighted by atomic mass is 9.96. The molecule has 0 aliphatic carbocycles. The molecule has 0 aromatic heterocycles. The number of ether oxygens (including phenoxy) is 1. The molecule has 3 nitrogen and oxygen atoms in total.